The number of aliphatic carboxylic acids is 2. The number of nitrogens with zero attached hydrogens (tertiary/aromatic N) is 2. The molecule has 1 unspecified atom stereocenters. The average molecular weight is 469 g/mol. The molecule has 1 aliphatic rings. The van der Waals surface area contributed by atoms with E-state index in [1.54, 1.807) is 7.05 Å². The van der Waals surface area contributed by atoms with E-state index >= 15 is 0 Å². The quantitative estimate of drug-likeness (QED) is 0.422. The molecule has 2 heterocycles. The number of carboxylic acid groups (broad SMARTS) is 2. The van der Waals surface area contributed by atoms with Gasteiger partial charge < -0.3 is 19.5 Å². The molecule has 0 saturated carbocycles. The molecule has 2 aromatic rings. The van der Waals surface area contributed by atoms with Crippen LogP contribution < -0.4 is 4.74 Å². The fourth-order valence-corrected chi connectivity index (χ4v) is 3.91. The zero-order valence-electron chi connectivity index (χ0n) is 18.1. The Bertz CT molecular complexity index is 1140. The maximum atomic E-state index is 13.1. The molecule has 0 fully saturated rings. The van der Waals surface area contributed by atoms with Gasteiger partial charge in [-0.2, -0.15) is 13.2 Å². The zero-order chi connectivity index (χ0) is 24.4. The summed E-state index contributed by atoms with van der Waals surface area (Å²) in [7, 11) is 1.72. The lowest BCUT2D eigenvalue weighted by Crippen LogP contribution is -2.45. The summed E-state index contributed by atoms with van der Waals surface area (Å²) in [5.41, 5.74) is -0.627. The first-order valence-corrected chi connectivity index (χ1v) is 10.3. The topological polar surface area (TPSA) is 110 Å². The summed E-state index contributed by atoms with van der Waals surface area (Å²) in [6.07, 6.45) is -0.447. The summed E-state index contributed by atoms with van der Waals surface area (Å²) in [4.78, 5) is 22.8. The van der Waals surface area contributed by atoms with Crippen molar-refractivity contribution in [3.8, 4) is 5.75 Å². The molecule has 0 aliphatic carbocycles. The molecule has 1 atom stereocenters. The Balaban J connectivity index is 1.73. The van der Waals surface area contributed by atoms with Gasteiger partial charge in [-0.25, -0.2) is 9.59 Å². The number of alkyl halides is 3. The zero-order valence-corrected chi connectivity index (χ0v) is 18.1. The van der Waals surface area contributed by atoms with E-state index in [1.165, 1.54) is 18.3 Å². The minimum atomic E-state index is -4.63. The summed E-state index contributed by atoms with van der Waals surface area (Å²) >= 11 is 0. The number of halogens is 3. The Morgan fingerprint density at radius 3 is 2.58 bits per heavy atom. The van der Waals surface area contributed by atoms with Gasteiger partial charge in [0.1, 0.15) is 24.1 Å². The molecule has 3 rings (SSSR count). The van der Waals surface area contributed by atoms with Crippen molar-refractivity contribution in [3.63, 3.8) is 0 Å². The molecule has 1 aromatic carbocycles. The normalized spacial score (nSPS) is 18.7. The van der Waals surface area contributed by atoms with Crippen molar-refractivity contribution < 1.29 is 46.7 Å². The molecule has 1 aliphatic heterocycles. The van der Waals surface area contributed by atoms with E-state index in [-0.39, 0.29) is 39.8 Å². The van der Waals surface area contributed by atoms with Crippen molar-refractivity contribution in [1.29, 1.82) is 0 Å². The van der Waals surface area contributed by atoms with Crippen molar-refractivity contribution in [1.82, 2.24) is 5.16 Å². The molecular weight excluding hydrogens is 445 g/mol. The molecule has 0 amide bonds. The van der Waals surface area contributed by atoms with E-state index in [1.807, 2.05) is 6.92 Å². The summed E-state index contributed by atoms with van der Waals surface area (Å²) in [6, 6.07) is 2.73. The Labute approximate surface area is 187 Å². The molecule has 33 heavy (non-hydrogen) atoms. The van der Waals surface area contributed by atoms with Crippen LogP contribution in [-0.4, -0.2) is 58.5 Å². The summed E-state index contributed by atoms with van der Waals surface area (Å²) < 4.78 is 50.4. The molecule has 0 bridgehead atoms. The second-order valence-electron chi connectivity index (χ2n) is 8.13. The van der Waals surface area contributed by atoms with Crippen LogP contribution in [0.3, 0.4) is 0 Å². The molecule has 2 N–H and O–H groups in total. The number of ether oxygens (including phenoxy) is 1. The molecule has 8 nitrogen and oxygen atoms in total. The van der Waals surface area contributed by atoms with Crippen LogP contribution >= 0.6 is 0 Å². The fourth-order valence-electron chi connectivity index (χ4n) is 3.91. The van der Waals surface area contributed by atoms with Gasteiger partial charge in [0.2, 0.25) is 0 Å². The van der Waals surface area contributed by atoms with E-state index < -0.39 is 23.8 Å². The van der Waals surface area contributed by atoms with Gasteiger partial charge in [-0.15, -0.1) is 0 Å². The third-order valence-corrected chi connectivity index (χ3v) is 5.37. The lowest BCUT2D eigenvalue weighted by Gasteiger charge is -2.33. The van der Waals surface area contributed by atoms with Crippen LogP contribution in [0.25, 0.3) is 11.0 Å². The van der Waals surface area contributed by atoms with Gasteiger partial charge in [-0.05, 0) is 24.6 Å². The molecule has 1 aromatic heterocycles. The second-order valence-corrected chi connectivity index (χ2v) is 8.13. The summed E-state index contributed by atoms with van der Waals surface area (Å²) in [6.45, 7) is 2.59. The lowest BCUT2D eigenvalue weighted by atomic mass is 10.0. The first kappa shape index (κ1) is 24.3. The Hall–Kier alpha value is -3.34. The highest BCUT2D eigenvalue weighted by molar-refractivity contribution is 5.95. The van der Waals surface area contributed by atoms with E-state index in [0.717, 1.165) is 6.08 Å². The van der Waals surface area contributed by atoms with Crippen LogP contribution in [0.2, 0.25) is 0 Å². The number of benzene rings is 1. The molecule has 178 valence electrons. The van der Waals surface area contributed by atoms with E-state index in [4.69, 9.17) is 9.26 Å². The smallest absolute Gasteiger partial charge is 0.437 e. The lowest BCUT2D eigenvalue weighted by molar-refractivity contribution is -0.855. The second kappa shape index (κ2) is 9.26. The van der Waals surface area contributed by atoms with Gasteiger partial charge in [0.15, 0.2) is 11.3 Å². The van der Waals surface area contributed by atoms with Gasteiger partial charge in [0.25, 0.3) is 0 Å². The average Bonchev–Trinajstić information content (AvgIpc) is 3.17. The predicted octanol–water partition coefficient (Wildman–Crippen LogP) is 4.01. The van der Waals surface area contributed by atoms with Gasteiger partial charge >= 0.3 is 18.1 Å². The number of carbonyl (C=O) groups is 2. The maximum Gasteiger partial charge on any atom is 0.437 e. The van der Waals surface area contributed by atoms with Crippen molar-refractivity contribution in [3.05, 3.63) is 46.8 Å². The Morgan fingerprint density at radius 2 is 1.97 bits per heavy atom. The van der Waals surface area contributed by atoms with Crippen molar-refractivity contribution in [2.45, 2.75) is 32.4 Å². The highest BCUT2D eigenvalue weighted by Gasteiger charge is 2.38. The number of hydrogen-bond acceptors (Lipinski definition) is 5. The largest absolute Gasteiger partial charge is 0.493 e. The highest BCUT2D eigenvalue weighted by atomic mass is 19.4. The third kappa shape index (κ3) is 5.36. The number of rotatable bonds is 9. The Kier molecular flexibility index (Phi) is 6.82. The van der Waals surface area contributed by atoms with Crippen LogP contribution in [0.5, 0.6) is 5.75 Å². The predicted molar refractivity (Wildman–Crippen MR) is 110 cm³/mol. The number of carboxylic acids is 2. The van der Waals surface area contributed by atoms with Crippen LogP contribution in [0.15, 0.2) is 40.1 Å². The van der Waals surface area contributed by atoms with Gasteiger partial charge in [-0.3, -0.25) is 4.48 Å². The number of quaternary nitrogens is 1. The molecular formula is C22H24F3N2O6+. The minimum Gasteiger partial charge on any atom is -0.493 e. The van der Waals surface area contributed by atoms with Gasteiger partial charge in [-0.1, -0.05) is 18.5 Å². The monoisotopic (exact) mass is 469 g/mol. The molecule has 0 saturated heterocycles. The van der Waals surface area contributed by atoms with Crippen LogP contribution in [0.4, 0.5) is 13.2 Å². The number of aryl methyl sites for hydroxylation is 1. The van der Waals surface area contributed by atoms with E-state index in [2.05, 4.69) is 5.16 Å². The van der Waals surface area contributed by atoms with Crippen LogP contribution in [-0.2, 0) is 22.2 Å². The molecule has 0 spiro atoms. The van der Waals surface area contributed by atoms with Crippen LogP contribution in [0, 0.1) is 0 Å². The van der Waals surface area contributed by atoms with Crippen molar-refractivity contribution in [2.24, 2.45) is 0 Å². The van der Waals surface area contributed by atoms with E-state index in [9.17, 15) is 33.0 Å². The minimum absolute atomic E-state index is 0.000194. The van der Waals surface area contributed by atoms with Gasteiger partial charge in [0, 0.05) is 12.0 Å². The maximum absolute atomic E-state index is 13.1. The number of likely N-dealkylation sites (N-methyl/N-ethyl adjacent to an activating group) is 1. The molecule has 0 radical (unpaired) electrons. The molecule has 11 heteroatoms. The summed E-state index contributed by atoms with van der Waals surface area (Å²) in [5.74, 6) is -1.99. The fraction of sp³-hybridized carbons (Fsp3) is 0.409. The van der Waals surface area contributed by atoms with Crippen molar-refractivity contribution >= 4 is 22.9 Å². The third-order valence-electron chi connectivity index (χ3n) is 5.37. The first-order chi connectivity index (χ1) is 15.4. The number of fused-ring (bicyclic) bond motifs is 1. The Morgan fingerprint density at radius 1 is 1.24 bits per heavy atom. The van der Waals surface area contributed by atoms with E-state index in [0.29, 0.717) is 37.1 Å². The number of aromatic nitrogens is 1. The van der Waals surface area contributed by atoms with Crippen LogP contribution in [0.1, 0.15) is 31.0 Å². The van der Waals surface area contributed by atoms with Crippen molar-refractivity contribution in [2.75, 3.05) is 26.7 Å². The SMILES string of the molecule is CCCc1c(OCCC[N+]2(C)C=C(C(=O)O)C=C(C(=O)O)C2)ccc2c(C(F)(F)F)noc12. The van der Waals surface area contributed by atoms with Gasteiger partial charge in [0.05, 0.1) is 31.2 Å². The highest BCUT2D eigenvalue weighted by Crippen LogP contribution is 2.38. The standard InChI is InChI=1S/C22H23F3N2O6/c1-3-5-15-17(7-6-16-18(15)33-26-19(16)22(23,24)25)32-9-4-8-27(2)11-13(20(28)29)10-14(12-27)21(30)31/h6-7,10-11H,3-5,8-9,12H2,1-2H3,(H-,28,29,30,31)/p+1. The summed E-state index contributed by atoms with van der Waals surface area (Å²) in [5, 5.41) is 21.7. The first-order valence-electron chi connectivity index (χ1n) is 10.3. The number of hydrogen-bond donors (Lipinski definition) is 2.